The van der Waals surface area contributed by atoms with Gasteiger partial charge in [0.15, 0.2) is 0 Å². The van der Waals surface area contributed by atoms with E-state index in [9.17, 15) is 30.3 Å². The molecule has 0 bridgehead atoms. The van der Waals surface area contributed by atoms with Crippen molar-refractivity contribution in [2.45, 2.75) is 96.5 Å². The van der Waals surface area contributed by atoms with Crippen LogP contribution in [0.15, 0.2) is 0 Å². The van der Waals surface area contributed by atoms with Gasteiger partial charge in [0.2, 0.25) is 0 Å². The molecular weight excluding hydrogens is 366 g/mol. The number of cyclic esters (lactones) is 1. The van der Waals surface area contributed by atoms with Crippen LogP contribution in [0.5, 0.6) is 0 Å². The molecule has 28 heavy (non-hydrogen) atoms. The standard InChI is InChI=1S/C20H39NO7/c1-7-15-20(6,27)18(25)13(5)21-9-10(2)8-14(22)17(24)11(3)16(23)12(4)19(26)28-15/h10-18,21-25,27H,7-9H2,1-6H3/t10-,11+,12-,13-,14-,15-,16+,17-,18-,20-/m1/s1. The Morgan fingerprint density at radius 1 is 1.11 bits per heavy atom. The molecule has 10 atom stereocenters. The van der Waals surface area contributed by atoms with E-state index in [1.807, 2.05) is 6.92 Å². The summed E-state index contributed by atoms with van der Waals surface area (Å²) in [6.07, 6.45) is -5.13. The zero-order valence-corrected chi connectivity index (χ0v) is 17.9. The molecule has 0 unspecified atom stereocenters. The van der Waals surface area contributed by atoms with Crippen molar-refractivity contribution in [2.75, 3.05) is 6.54 Å². The number of esters is 1. The van der Waals surface area contributed by atoms with Crippen molar-refractivity contribution in [3.63, 3.8) is 0 Å². The fraction of sp³-hybridized carbons (Fsp3) is 0.950. The summed E-state index contributed by atoms with van der Waals surface area (Å²) in [4.78, 5) is 12.6. The summed E-state index contributed by atoms with van der Waals surface area (Å²) in [5.74, 6) is -2.50. The maximum atomic E-state index is 12.6. The predicted molar refractivity (Wildman–Crippen MR) is 104 cm³/mol. The Balaban J connectivity index is 3.19. The number of hydrogen-bond donors (Lipinski definition) is 6. The fourth-order valence-electron chi connectivity index (χ4n) is 3.84. The zero-order valence-electron chi connectivity index (χ0n) is 17.9. The molecule has 0 spiro atoms. The summed E-state index contributed by atoms with van der Waals surface area (Å²) in [6, 6.07) is -0.501. The largest absolute Gasteiger partial charge is 0.459 e. The van der Waals surface area contributed by atoms with Gasteiger partial charge < -0.3 is 35.6 Å². The minimum atomic E-state index is -1.70. The van der Waals surface area contributed by atoms with Gasteiger partial charge in [0.25, 0.3) is 0 Å². The van der Waals surface area contributed by atoms with E-state index in [0.29, 0.717) is 6.54 Å². The van der Waals surface area contributed by atoms with E-state index < -0.39 is 60.0 Å². The van der Waals surface area contributed by atoms with Crippen molar-refractivity contribution in [2.24, 2.45) is 17.8 Å². The second kappa shape index (κ2) is 10.3. The SMILES string of the molecule is CC[C@H]1OC(=O)[C@H](C)[C@@H](O)[C@H](C)[C@@H](O)[C@H](O)C[C@@H](C)CN[C@H](C)[C@@H](O)[C@]1(C)O. The number of aliphatic hydroxyl groups excluding tert-OH is 4. The van der Waals surface area contributed by atoms with Crippen molar-refractivity contribution in [3.8, 4) is 0 Å². The Bertz CT molecular complexity index is 501. The highest BCUT2D eigenvalue weighted by atomic mass is 16.6. The van der Waals surface area contributed by atoms with E-state index in [2.05, 4.69) is 5.32 Å². The smallest absolute Gasteiger partial charge is 0.311 e. The number of carbonyl (C=O) groups is 1. The number of ether oxygens (including phenoxy) is 1. The molecule has 0 aromatic carbocycles. The molecule has 1 rings (SSSR count). The van der Waals surface area contributed by atoms with E-state index in [1.54, 1.807) is 20.8 Å². The third kappa shape index (κ3) is 5.87. The lowest BCUT2D eigenvalue weighted by molar-refractivity contribution is -0.189. The van der Waals surface area contributed by atoms with Gasteiger partial charge in [0.05, 0.1) is 24.2 Å². The molecule has 0 aliphatic carbocycles. The van der Waals surface area contributed by atoms with Crippen LogP contribution in [-0.2, 0) is 9.53 Å². The molecule has 0 aromatic heterocycles. The molecule has 1 fully saturated rings. The minimum Gasteiger partial charge on any atom is -0.459 e. The molecule has 0 radical (unpaired) electrons. The van der Waals surface area contributed by atoms with Crippen molar-refractivity contribution < 1.29 is 35.1 Å². The Labute approximate surface area is 167 Å². The van der Waals surface area contributed by atoms with Gasteiger partial charge in [0.1, 0.15) is 17.8 Å². The molecule has 0 aromatic rings. The lowest BCUT2D eigenvalue weighted by atomic mass is 9.85. The summed E-state index contributed by atoms with van der Waals surface area (Å²) in [5, 5.41) is 56.0. The van der Waals surface area contributed by atoms with Crippen LogP contribution in [0.1, 0.15) is 54.4 Å². The lowest BCUT2D eigenvalue weighted by Gasteiger charge is -2.39. The van der Waals surface area contributed by atoms with Crippen LogP contribution in [0.4, 0.5) is 0 Å². The highest BCUT2D eigenvalue weighted by Crippen LogP contribution is 2.27. The highest BCUT2D eigenvalue weighted by molar-refractivity contribution is 5.73. The normalized spacial score (nSPS) is 47.7. The van der Waals surface area contributed by atoms with Gasteiger partial charge in [-0.2, -0.15) is 0 Å². The van der Waals surface area contributed by atoms with Crippen LogP contribution in [0.2, 0.25) is 0 Å². The second-order valence-corrected chi connectivity index (χ2v) is 8.74. The van der Waals surface area contributed by atoms with Crippen molar-refractivity contribution in [3.05, 3.63) is 0 Å². The highest BCUT2D eigenvalue weighted by Gasteiger charge is 2.44. The first-order valence-corrected chi connectivity index (χ1v) is 10.2. The number of rotatable bonds is 1. The van der Waals surface area contributed by atoms with Crippen LogP contribution in [0.3, 0.4) is 0 Å². The molecule has 1 saturated heterocycles. The summed E-state index contributed by atoms with van der Waals surface area (Å²) >= 11 is 0. The van der Waals surface area contributed by atoms with E-state index in [4.69, 9.17) is 4.74 Å². The number of hydrogen-bond acceptors (Lipinski definition) is 8. The van der Waals surface area contributed by atoms with Gasteiger partial charge >= 0.3 is 5.97 Å². The van der Waals surface area contributed by atoms with Crippen molar-refractivity contribution in [1.29, 1.82) is 0 Å². The maximum absolute atomic E-state index is 12.6. The molecule has 1 aliphatic heterocycles. The van der Waals surface area contributed by atoms with E-state index in [0.717, 1.165) is 0 Å². The van der Waals surface area contributed by atoms with Gasteiger partial charge in [-0.15, -0.1) is 0 Å². The number of carbonyl (C=O) groups excluding carboxylic acids is 1. The number of nitrogens with one attached hydrogen (secondary N) is 1. The molecule has 6 N–H and O–H groups in total. The maximum Gasteiger partial charge on any atom is 0.311 e. The van der Waals surface area contributed by atoms with Gasteiger partial charge in [-0.05, 0) is 46.1 Å². The van der Waals surface area contributed by atoms with Crippen LogP contribution in [-0.4, -0.2) is 80.2 Å². The zero-order chi connectivity index (χ0) is 21.8. The third-order valence-electron chi connectivity index (χ3n) is 6.14. The summed E-state index contributed by atoms with van der Waals surface area (Å²) in [6.45, 7) is 10.3. The summed E-state index contributed by atoms with van der Waals surface area (Å²) in [7, 11) is 0. The topological polar surface area (TPSA) is 139 Å². The quantitative estimate of drug-likeness (QED) is 0.330. The van der Waals surface area contributed by atoms with Crippen LogP contribution >= 0.6 is 0 Å². The first-order valence-electron chi connectivity index (χ1n) is 10.2. The molecule has 1 aliphatic rings. The average molecular weight is 406 g/mol. The van der Waals surface area contributed by atoms with Crippen molar-refractivity contribution >= 4 is 5.97 Å². The van der Waals surface area contributed by atoms with E-state index in [1.165, 1.54) is 13.8 Å². The van der Waals surface area contributed by atoms with E-state index >= 15 is 0 Å². The van der Waals surface area contributed by atoms with Crippen molar-refractivity contribution in [1.82, 2.24) is 5.32 Å². The monoisotopic (exact) mass is 405 g/mol. The van der Waals surface area contributed by atoms with Gasteiger partial charge in [-0.1, -0.05) is 20.8 Å². The molecule has 8 heteroatoms. The van der Waals surface area contributed by atoms with Gasteiger partial charge in [0, 0.05) is 12.0 Å². The molecule has 8 nitrogen and oxygen atoms in total. The molecule has 1 heterocycles. The molecule has 0 amide bonds. The van der Waals surface area contributed by atoms with Gasteiger partial charge in [-0.25, -0.2) is 0 Å². The predicted octanol–water partition coefficient (Wildman–Crippen LogP) is -0.207. The first-order chi connectivity index (χ1) is 12.8. The second-order valence-electron chi connectivity index (χ2n) is 8.74. The Kier molecular flexibility index (Phi) is 9.31. The number of aliphatic hydroxyl groups is 5. The van der Waals surface area contributed by atoms with Gasteiger partial charge in [-0.3, -0.25) is 4.79 Å². The Morgan fingerprint density at radius 2 is 1.68 bits per heavy atom. The average Bonchev–Trinajstić information content (AvgIpc) is 2.65. The molecular formula is C20H39NO7. The minimum absolute atomic E-state index is 0.0315. The van der Waals surface area contributed by atoms with E-state index in [-0.39, 0.29) is 18.8 Å². The first kappa shape index (κ1) is 25.3. The Hall–Kier alpha value is -0.770. The third-order valence-corrected chi connectivity index (χ3v) is 6.14. The lowest BCUT2D eigenvalue weighted by Crippen LogP contribution is -2.58. The molecule has 0 saturated carbocycles. The summed E-state index contributed by atoms with van der Waals surface area (Å²) < 4.78 is 5.44. The van der Waals surface area contributed by atoms with Crippen LogP contribution < -0.4 is 5.32 Å². The van der Waals surface area contributed by atoms with Crippen LogP contribution in [0, 0.1) is 17.8 Å². The summed E-state index contributed by atoms with van der Waals surface area (Å²) in [5.41, 5.74) is -1.70. The molecule has 166 valence electrons. The Morgan fingerprint density at radius 3 is 2.21 bits per heavy atom. The fourth-order valence-corrected chi connectivity index (χ4v) is 3.84. The van der Waals surface area contributed by atoms with Crippen LogP contribution in [0.25, 0.3) is 0 Å².